The third-order valence-corrected chi connectivity index (χ3v) is 6.10. The Balaban J connectivity index is 0.00000900. The number of halogens is 1. The Morgan fingerprint density at radius 1 is 1.19 bits per heavy atom. The highest BCUT2D eigenvalue weighted by Crippen LogP contribution is 2.17. The number of hydrogen-bond acceptors (Lipinski definition) is 4. The summed E-state index contributed by atoms with van der Waals surface area (Å²) in [5.74, 6) is 1.19. The van der Waals surface area contributed by atoms with Gasteiger partial charge in [0.25, 0.3) is 0 Å². The van der Waals surface area contributed by atoms with Crippen molar-refractivity contribution in [1.29, 1.82) is 0 Å². The number of nitrogens with one attached hydrogen (secondary N) is 2. The number of benzene rings is 1. The Kier molecular flexibility index (Phi) is 14.0. The minimum absolute atomic E-state index is 0. The molecule has 0 aliphatic heterocycles. The van der Waals surface area contributed by atoms with E-state index in [1.54, 1.807) is 6.07 Å². The average molecular weight is 563 g/mol. The molecule has 6 nitrogen and oxygen atoms in total. The van der Waals surface area contributed by atoms with Crippen LogP contribution < -0.4 is 10.6 Å². The Bertz CT molecular complexity index is 828. The van der Waals surface area contributed by atoms with Crippen molar-refractivity contribution in [1.82, 2.24) is 15.5 Å². The lowest BCUT2D eigenvalue weighted by Crippen LogP contribution is -2.49. The third-order valence-electron chi connectivity index (χ3n) is 4.85. The highest BCUT2D eigenvalue weighted by molar-refractivity contribution is 14.0. The Morgan fingerprint density at radius 3 is 2.26 bits per heavy atom. The molecule has 1 rings (SSSR count). The van der Waals surface area contributed by atoms with Crippen LogP contribution in [-0.2, 0) is 16.4 Å². The maximum atomic E-state index is 11.8. The molecular weight excluding hydrogens is 523 g/mol. The van der Waals surface area contributed by atoms with E-state index < -0.39 is 9.84 Å². The van der Waals surface area contributed by atoms with Crippen LogP contribution in [0.1, 0.15) is 31.9 Å². The van der Waals surface area contributed by atoms with Gasteiger partial charge in [0, 0.05) is 38.5 Å². The van der Waals surface area contributed by atoms with Gasteiger partial charge < -0.3 is 10.6 Å². The van der Waals surface area contributed by atoms with Crippen molar-refractivity contribution >= 4 is 39.8 Å². The SMILES string of the molecule is C=CCN(CC=C)C(CNC(=NCc1ccc(S(C)(=O)=O)c(C)c1)NCC)C(C)C.I. The topological polar surface area (TPSA) is 73.8 Å². The molecule has 0 amide bonds. The van der Waals surface area contributed by atoms with Crippen molar-refractivity contribution in [2.24, 2.45) is 10.9 Å². The molecule has 0 aliphatic carbocycles. The maximum Gasteiger partial charge on any atom is 0.191 e. The first-order valence-electron chi connectivity index (χ1n) is 10.4. The summed E-state index contributed by atoms with van der Waals surface area (Å²) < 4.78 is 23.6. The summed E-state index contributed by atoms with van der Waals surface area (Å²) in [5.41, 5.74) is 1.71. The summed E-state index contributed by atoms with van der Waals surface area (Å²) in [6, 6.07) is 5.67. The Hall–Kier alpha value is -1.39. The second-order valence-corrected chi connectivity index (χ2v) is 9.77. The normalized spacial score (nSPS) is 12.9. The van der Waals surface area contributed by atoms with Crippen molar-refractivity contribution in [3.05, 3.63) is 54.6 Å². The van der Waals surface area contributed by atoms with Gasteiger partial charge in [-0.1, -0.05) is 38.1 Å². The van der Waals surface area contributed by atoms with Crippen molar-refractivity contribution in [3.63, 3.8) is 0 Å². The van der Waals surface area contributed by atoms with Crippen molar-refractivity contribution < 1.29 is 8.42 Å². The molecule has 31 heavy (non-hydrogen) atoms. The molecule has 0 saturated carbocycles. The predicted molar refractivity (Wildman–Crippen MR) is 143 cm³/mol. The number of guanidine groups is 1. The molecule has 1 aromatic carbocycles. The molecule has 0 spiro atoms. The van der Waals surface area contributed by atoms with E-state index in [1.807, 2.05) is 38.1 Å². The minimum atomic E-state index is -3.21. The van der Waals surface area contributed by atoms with E-state index >= 15 is 0 Å². The van der Waals surface area contributed by atoms with Gasteiger partial charge in [-0.15, -0.1) is 37.1 Å². The number of nitrogens with zero attached hydrogens (tertiary/aromatic N) is 2. The fourth-order valence-corrected chi connectivity index (χ4v) is 4.36. The number of sulfone groups is 1. The first-order valence-corrected chi connectivity index (χ1v) is 12.3. The highest BCUT2D eigenvalue weighted by Gasteiger charge is 2.20. The summed E-state index contributed by atoms with van der Waals surface area (Å²) in [7, 11) is -3.21. The molecule has 2 N–H and O–H groups in total. The van der Waals surface area contributed by atoms with Crippen molar-refractivity contribution in [3.8, 4) is 0 Å². The molecule has 0 aromatic heterocycles. The Morgan fingerprint density at radius 2 is 1.81 bits per heavy atom. The van der Waals surface area contributed by atoms with Crippen LogP contribution in [0.25, 0.3) is 0 Å². The molecule has 176 valence electrons. The lowest BCUT2D eigenvalue weighted by Gasteiger charge is -2.33. The molecular formula is C23H39IN4O2S. The van der Waals surface area contributed by atoms with Gasteiger partial charge in [0.2, 0.25) is 0 Å². The summed E-state index contributed by atoms with van der Waals surface area (Å²) in [4.78, 5) is 7.39. The van der Waals surface area contributed by atoms with Crippen LogP contribution in [0.3, 0.4) is 0 Å². The van der Waals surface area contributed by atoms with Gasteiger partial charge in [0.15, 0.2) is 15.8 Å². The molecule has 0 bridgehead atoms. The fraction of sp³-hybridized carbons (Fsp3) is 0.522. The number of rotatable bonds is 12. The lowest BCUT2D eigenvalue weighted by atomic mass is 10.0. The Labute approximate surface area is 206 Å². The van der Waals surface area contributed by atoms with Gasteiger partial charge in [0.1, 0.15) is 0 Å². The van der Waals surface area contributed by atoms with E-state index in [9.17, 15) is 8.42 Å². The molecule has 1 atom stereocenters. The van der Waals surface area contributed by atoms with E-state index in [1.165, 1.54) is 6.26 Å². The zero-order chi connectivity index (χ0) is 22.7. The summed E-state index contributed by atoms with van der Waals surface area (Å²) >= 11 is 0. The van der Waals surface area contributed by atoms with Crippen LogP contribution in [-0.4, -0.2) is 57.8 Å². The summed E-state index contributed by atoms with van der Waals surface area (Å²) in [6.45, 7) is 19.6. The predicted octanol–water partition coefficient (Wildman–Crippen LogP) is 3.77. The van der Waals surface area contributed by atoms with Gasteiger partial charge in [-0.2, -0.15) is 0 Å². The molecule has 0 heterocycles. The van der Waals surface area contributed by atoms with E-state index in [0.717, 1.165) is 43.3 Å². The van der Waals surface area contributed by atoms with Crippen molar-refractivity contribution in [2.75, 3.05) is 32.4 Å². The van der Waals surface area contributed by atoms with Gasteiger partial charge in [-0.3, -0.25) is 4.90 Å². The van der Waals surface area contributed by atoms with Crippen LogP contribution in [0.2, 0.25) is 0 Å². The van der Waals surface area contributed by atoms with Crippen LogP contribution in [0.5, 0.6) is 0 Å². The number of aliphatic imine (C=N–C) groups is 1. The summed E-state index contributed by atoms with van der Waals surface area (Å²) in [6.07, 6.45) is 5.06. The number of aryl methyl sites for hydroxylation is 1. The average Bonchev–Trinajstić information content (AvgIpc) is 2.65. The van der Waals surface area contributed by atoms with Crippen LogP contribution >= 0.6 is 24.0 Å². The van der Waals surface area contributed by atoms with Gasteiger partial charge >= 0.3 is 0 Å². The van der Waals surface area contributed by atoms with E-state index in [2.05, 4.69) is 47.5 Å². The second-order valence-electron chi connectivity index (χ2n) is 7.79. The zero-order valence-electron chi connectivity index (χ0n) is 19.5. The molecule has 1 aromatic rings. The molecule has 1 unspecified atom stereocenters. The molecule has 0 radical (unpaired) electrons. The lowest BCUT2D eigenvalue weighted by molar-refractivity contribution is 0.190. The molecule has 0 fully saturated rings. The van der Waals surface area contributed by atoms with Crippen molar-refractivity contribution in [2.45, 2.75) is 45.2 Å². The van der Waals surface area contributed by atoms with Crippen LogP contribution in [0.4, 0.5) is 0 Å². The number of hydrogen-bond donors (Lipinski definition) is 2. The van der Waals surface area contributed by atoms with E-state index in [0.29, 0.717) is 23.4 Å². The first-order chi connectivity index (χ1) is 14.1. The zero-order valence-corrected chi connectivity index (χ0v) is 22.7. The van der Waals surface area contributed by atoms with E-state index in [4.69, 9.17) is 0 Å². The van der Waals surface area contributed by atoms with Gasteiger partial charge in [0.05, 0.1) is 11.4 Å². The standard InChI is InChI=1S/C23H38N4O2S.HI/c1-8-13-27(14-9-2)21(18(4)5)17-26-23(24-10-3)25-16-20-11-12-22(19(6)15-20)30(7,28)29;/h8-9,11-12,15,18,21H,1-2,10,13-14,16-17H2,3-7H3,(H2,24,25,26);1H. The third kappa shape index (κ3) is 10.2. The fourth-order valence-electron chi connectivity index (χ4n) is 3.40. The molecule has 0 aliphatic rings. The van der Waals surface area contributed by atoms with Crippen LogP contribution in [0.15, 0.2) is 53.4 Å². The first kappa shape index (κ1) is 29.6. The largest absolute Gasteiger partial charge is 0.357 e. The quantitative estimate of drug-likeness (QED) is 0.176. The summed E-state index contributed by atoms with van der Waals surface area (Å²) in [5, 5.41) is 6.74. The van der Waals surface area contributed by atoms with Crippen LogP contribution in [0, 0.1) is 12.8 Å². The minimum Gasteiger partial charge on any atom is -0.357 e. The van der Waals surface area contributed by atoms with Gasteiger partial charge in [-0.05, 0) is 37.0 Å². The highest BCUT2D eigenvalue weighted by atomic mass is 127. The molecule has 8 heteroatoms. The molecule has 0 saturated heterocycles. The van der Waals surface area contributed by atoms with E-state index in [-0.39, 0.29) is 24.0 Å². The monoisotopic (exact) mass is 562 g/mol. The second kappa shape index (κ2) is 14.6. The smallest absolute Gasteiger partial charge is 0.191 e. The van der Waals surface area contributed by atoms with Gasteiger partial charge in [-0.25, -0.2) is 13.4 Å². The maximum absolute atomic E-state index is 11.8.